The lowest BCUT2D eigenvalue weighted by Crippen LogP contribution is -2.24. The van der Waals surface area contributed by atoms with Crippen molar-refractivity contribution in [1.29, 1.82) is 0 Å². The van der Waals surface area contributed by atoms with Crippen molar-refractivity contribution in [3.63, 3.8) is 0 Å². The van der Waals surface area contributed by atoms with Gasteiger partial charge in [-0.15, -0.1) is 0 Å². The van der Waals surface area contributed by atoms with E-state index < -0.39 is 0 Å². The molecule has 0 aromatic heterocycles. The van der Waals surface area contributed by atoms with Crippen LogP contribution in [0.1, 0.15) is 6.42 Å². The number of nitrogens with two attached hydrogens (primary N) is 1. The Morgan fingerprint density at radius 1 is 1.50 bits per heavy atom. The van der Waals surface area contributed by atoms with Crippen molar-refractivity contribution in [2.75, 3.05) is 19.6 Å². The highest BCUT2D eigenvalue weighted by Gasteiger charge is 1.93. The summed E-state index contributed by atoms with van der Waals surface area (Å²) < 4.78 is 0. The molecule has 62 valence electrons. The van der Waals surface area contributed by atoms with Gasteiger partial charge in [-0.05, 0) is 22.7 Å². The SMILES string of the molecule is C[SiH]([SiH3])CCCNCCN. The van der Waals surface area contributed by atoms with Crippen molar-refractivity contribution in [3.8, 4) is 0 Å². The van der Waals surface area contributed by atoms with Crippen molar-refractivity contribution in [2.24, 2.45) is 5.73 Å². The van der Waals surface area contributed by atoms with E-state index in [4.69, 9.17) is 5.73 Å². The van der Waals surface area contributed by atoms with E-state index in [0.29, 0.717) is 0 Å². The third-order valence-corrected chi connectivity index (χ3v) is 4.75. The molecule has 0 saturated carbocycles. The summed E-state index contributed by atoms with van der Waals surface area (Å²) >= 11 is 0. The number of hydrogen-bond donors (Lipinski definition) is 2. The van der Waals surface area contributed by atoms with Crippen LogP contribution in [0.3, 0.4) is 0 Å². The fourth-order valence-corrected chi connectivity index (χ4v) is 3.11. The third kappa shape index (κ3) is 8.35. The van der Waals surface area contributed by atoms with Gasteiger partial charge in [0.2, 0.25) is 0 Å². The first kappa shape index (κ1) is 10.4. The first-order valence-electron chi connectivity index (χ1n) is 4.18. The molecule has 0 aliphatic carbocycles. The predicted molar refractivity (Wildman–Crippen MR) is 54.3 cm³/mol. The predicted octanol–water partition coefficient (Wildman–Crippen LogP) is -1.36. The van der Waals surface area contributed by atoms with Gasteiger partial charge in [-0.25, -0.2) is 0 Å². The van der Waals surface area contributed by atoms with E-state index in [1.807, 2.05) is 0 Å². The highest BCUT2D eigenvalue weighted by atomic mass is 29.1. The average molecular weight is 176 g/mol. The molecule has 0 aromatic carbocycles. The molecule has 4 heteroatoms. The van der Waals surface area contributed by atoms with Crippen molar-refractivity contribution < 1.29 is 0 Å². The van der Waals surface area contributed by atoms with Crippen LogP contribution in [0.5, 0.6) is 0 Å². The molecule has 1 unspecified atom stereocenters. The summed E-state index contributed by atoms with van der Waals surface area (Å²) in [5.41, 5.74) is 5.32. The van der Waals surface area contributed by atoms with Gasteiger partial charge in [0.25, 0.3) is 0 Å². The van der Waals surface area contributed by atoms with Crippen molar-refractivity contribution >= 4 is 18.1 Å². The maximum absolute atomic E-state index is 5.32. The lowest BCUT2D eigenvalue weighted by molar-refractivity contribution is 0.677. The first-order chi connectivity index (χ1) is 4.77. The first-order valence-corrected chi connectivity index (χ1v) is 10.8. The molecule has 2 nitrogen and oxygen atoms in total. The number of rotatable bonds is 6. The molecule has 0 aromatic rings. The molecular formula is C6H20N2Si2. The Kier molecular flexibility index (Phi) is 7.72. The molecule has 0 heterocycles. The summed E-state index contributed by atoms with van der Waals surface area (Å²) in [6, 6.07) is 1.52. The van der Waals surface area contributed by atoms with Crippen LogP contribution in [0.15, 0.2) is 0 Å². The number of nitrogens with one attached hydrogen (secondary N) is 1. The molecule has 0 spiro atoms. The Balaban J connectivity index is 2.77. The van der Waals surface area contributed by atoms with Gasteiger partial charge in [-0.3, -0.25) is 0 Å². The highest BCUT2D eigenvalue weighted by Crippen LogP contribution is 1.90. The summed E-state index contributed by atoms with van der Waals surface area (Å²) in [6.07, 6.45) is 1.37. The largest absolute Gasteiger partial charge is 0.329 e. The monoisotopic (exact) mass is 176 g/mol. The lowest BCUT2D eigenvalue weighted by Gasteiger charge is -2.03. The highest BCUT2D eigenvalue weighted by molar-refractivity contribution is 7.02. The van der Waals surface area contributed by atoms with E-state index in [-0.39, 0.29) is 8.31 Å². The van der Waals surface area contributed by atoms with Crippen LogP contribution in [0.4, 0.5) is 0 Å². The fraction of sp³-hybridized carbons (Fsp3) is 1.00. The summed E-state index contributed by atoms with van der Waals surface area (Å²) in [4.78, 5) is 0. The lowest BCUT2D eigenvalue weighted by atomic mass is 10.5. The molecule has 10 heavy (non-hydrogen) atoms. The molecule has 3 N–H and O–H groups in total. The Morgan fingerprint density at radius 3 is 2.70 bits per heavy atom. The molecule has 0 aliphatic rings. The smallest absolute Gasteiger partial charge is 0.0172 e. The van der Waals surface area contributed by atoms with Gasteiger partial charge in [0.15, 0.2) is 0 Å². The summed E-state index contributed by atoms with van der Waals surface area (Å²) in [5.74, 6) is 0. The van der Waals surface area contributed by atoms with Crippen molar-refractivity contribution in [1.82, 2.24) is 5.32 Å². The molecule has 0 amide bonds. The van der Waals surface area contributed by atoms with Gasteiger partial charge >= 0.3 is 0 Å². The Morgan fingerprint density at radius 2 is 2.20 bits per heavy atom. The van der Waals surface area contributed by atoms with E-state index in [1.165, 1.54) is 28.8 Å². The standard InChI is InChI=1S/C6H20N2Si2/c1-10(9)6-2-4-8-5-3-7/h8,10H,2-7H2,1,9H3. The second-order valence-corrected chi connectivity index (χ2v) is 12.4. The van der Waals surface area contributed by atoms with Gasteiger partial charge in [0.05, 0.1) is 0 Å². The fourth-order valence-electron chi connectivity index (χ4n) is 0.862. The minimum Gasteiger partial charge on any atom is -0.329 e. The van der Waals surface area contributed by atoms with Crippen molar-refractivity contribution in [2.45, 2.75) is 19.0 Å². The molecule has 0 fully saturated rings. The maximum Gasteiger partial charge on any atom is 0.0172 e. The van der Waals surface area contributed by atoms with Gasteiger partial charge < -0.3 is 11.1 Å². The third-order valence-electron chi connectivity index (χ3n) is 1.46. The van der Waals surface area contributed by atoms with E-state index in [2.05, 4.69) is 11.9 Å². The Labute approximate surface area is 68.4 Å². The molecule has 0 bridgehead atoms. The summed E-state index contributed by atoms with van der Waals surface area (Å²) in [7, 11) is 1.32. The van der Waals surface area contributed by atoms with Crippen LogP contribution < -0.4 is 11.1 Å². The van der Waals surface area contributed by atoms with E-state index in [1.54, 1.807) is 0 Å². The van der Waals surface area contributed by atoms with E-state index >= 15 is 0 Å². The number of hydrogen-bond acceptors (Lipinski definition) is 2. The van der Waals surface area contributed by atoms with Gasteiger partial charge in [-0.2, -0.15) is 0 Å². The van der Waals surface area contributed by atoms with Gasteiger partial charge in [-0.1, -0.05) is 12.6 Å². The second-order valence-electron chi connectivity index (χ2n) is 3.07. The Bertz CT molecular complexity index is 68.8. The maximum atomic E-state index is 5.32. The second kappa shape index (κ2) is 7.46. The zero-order chi connectivity index (χ0) is 7.82. The van der Waals surface area contributed by atoms with Crippen LogP contribution in [-0.4, -0.2) is 37.7 Å². The molecule has 0 radical (unpaired) electrons. The minimum absolute atomic E-state index is 0.154. The van der Waals surface area contributed by atoms with Crippen molar-refractivity contribution in [3.05, 3.63) is 0 Å². The molecular weight excluding hydrogens is 156 g/mol. The van der Waals surface area contributed by atoms with Crippen LogP contribution in [0.25, 0.3) is 0 Å². The van der Waals surface area contributed by atoms with Gasteiger partial charge in [0.1, 0.15) is 0 Å². The quantitative estimate of drug-likeness (QED) is 0.388. The molecule has 1 atom stereocenters. The molecule has 0 saturated heterocycles. The topological polar surface area (TPSA) is 38.0 Å². The normalized spacial score (nSPS) is 13.8. The van der Waals surface area contributed by atoms with E-state index in [9.17, 15) is 0 Å². The van der Waals surface area contributed by atoms with Crippen LogP contribution in [-0.2, 0) is 0 Å². The van der Waals surface area contributed by atoms with E-state index in [0.717, 1.165) is 13.1 Å². The minimum atomic E-state index is -0.154. The van der Waals surface area contributed by atoms with Crippen LogP contribution >= 0.6 is 0 Å². The zero-order valence-electron chi connectivity index (χ0n) is 7.19. The van der Waals surface area contributed by atoms with Crippen LogP contribution in [0.2, 0.25) is 12.6 Å². The molecule has 0 rings (SSSR count). The average Bonchev–Trinajstić information content (AvgIpc) is 1.87. The summed E-state index contributed by atoms with van der Waals surface area (Å²) in [6.45, 7) is 5.39. The summed E-state index contributed by atoms with van der Waals surface area (Å²) in [5, 5.41) is 3.30. The molecule has 0 aliphatic heterocycles. The zero-order valence-corrected chi connectivity index (χ0v) is 10.3. The van der Waals surface area contributed by atoms with Gasteiger partial charge in [0, 0.05) is 21.4 Å². The Hall–Kier alpha value is 0.354. The van der Waals surface area contributed by atoms with Crippen LogP contribution in [0, 0.1) is 0 Å².